The molecule has 2 aromatic carbocycles. The lowest BCUT2D eigenvalue weighted by Gasteiger charge is -2.10. The summed E-state index contributed by atoms with van der Waals surface area (Å²) in [7, 11) is -2.91. The maximum atomic E-state index is 11.4. The Balaban J connectivity index is 2.02. The van der Waals surface area contributed by atoms with Crippen molar-refractivity contribution in [3.8, 4) is 5.75 Å². The summed E-state index contributed by atoms with van der Waals surface area (Å²) in [6.07, 6.45) is 0.509. The topological polar surface area (TPSA) is 43.4 Å². The number of hydrogen-bond donors (Lipinski definition) is 0. The Hall–Kier alpha value is -1.07. The van der Waals surface area contributed by atoms with E-state index in [-0.39, 0.29) is 11.5 Å². The summed E-state index contributed by atoms with van der Waals surface area (Å²) in [4.78, 5) is 0. The van der Waals surface area contributed by atoms with Crippen molar-refractivity contribution in [2.24, 2.45) is 0 Å². The van der Waals surface area contributed by atoms with Crippen LogP contribution < -0.4 is 4.74 Å². The number of sulfone groups is 1. The van der Waals surface area contributed by atoms with E-state index in [1.165, 1.54) is 0 Å². The van der Waals surface area contributed by atoms with E-state index in [0.29, 0.717) is 13.0 Å². The lowest BCUT2D eigenvalue weighted by Crippen LogP contribution is -2.11. The first-order valence-corrected chi connectivity index (χ1v) is 9.15. The fourth-order valence-electron chi connectivity index (χ4n) is 1.93. The first-order valence-electron chi connectivity index (χ1n) is 6.54. The molecule has 3 nitrogen and oxygen atoms in total. The van der Waals surface area contributed by atoms with Gasteiger partial charge in [0.15, 0.2) is 0 Å². The van der Waals surface area contributed by atoms with Crippen LogP contribution in [0.3, 0.4) is 0 Å². The highest BCUT2D eigenvalue weighted by molar-refractivity contribution is 9.10. The van der Waals surface area contributed by atoms with Crippen molar-refractivity contribution in [3.05, 3.63) is 40.9 Å². The summed E-state index contributed by atoms with van der Waals surface area (Å²) in [5.74, 6) is 1.11. The molecule has 0 atom stereocenters. The van der Waals surface area contributed by atoms with Gasteiger partial charge < -0.3 is 4.74 Å². The van der Waals surface area contributed by atoms with Gasteiger partial charge in [0, 0.05) is 5.75 Å². The van der Waals surface area contributed by atoms with Gasteiger partial charge >= 0.3 is 0 Å². The van der Waals surface area contributed by atoms with E-state index < -0.39 is 9.84 Å². The van der Waals surface area contributed by atoms with E-state index >= 15 is 0 Å². The van der Waals surface area contributed by atoms with Gasteiger partial charge in [0.05, 0.1) is 16.8 Å². The summed E-state index contributed by atoms with van der Waals surface area (Å²) in [6, 6.07) is 11.9. The van der Waals surface area contributed by atoms with Gasteiger partial charge in [-0.05, 0) is 39.2 Å². The van der Waals surface area contributed by atoms with Crippen LogP contribution in [0.2, 0.25) is 0 Å². The van der Waals surface area contributed by atoms with Crippen LogP contribution in [0, 0.1) is 0 Å². The molecule has 5 heteroatoms. The highest BCUT2D eigenvalue weighted by Gasteiger charge is 2.08. The van der Waals surface area contributed by atoms with Gasteiger partial charge in [0.2, 0.25) is 0 Å². The van der Waals surface area contributed by atoms with Crippen molar-refractivity contribution in [1.82, 2.24) is 0 Å². The molecule has 0 saturated heterocycles. The van der Waals surface area contributed by atoms with E-state index in [2.05, 4.69) is 15.9 Å². The molecule has 0 aliphatic rings. The molecule has 0 saturated carbocycles. The molecule has 20 heavy (non-hydrogen) atoms. The Morgan fingerprint density at radius 3 is 2.65 bits per heavy atom. The van der Waals surface area contributed by atoms with Crippen LogP contribution >= 0.6 is 15.9 Å². The van der Waals surface area contributed by atoms with E-state index in [1.54, 1.807) is 6.92 Å². The second-order valence-corrected chi connectivity index (χ2v) is 7.80. The van der Waals surface area contributed by atoms with E-state index in [0.717, 1.165) is 21.0 Å². The molecule has 0 radical (unpaired) electrons. The summed E-state index contributed by atoms with van der Waals surface area (Å²) in [6.45, 7) is 2.06. The quantitative estimate of drug-likeness (QED) is 0.739. The number of benzene rings is 2. The molecule has 2 rings (SSSR count). The third kappa shape index (κ3) is 3.73. The molecule has 0 bridgehead atoms. The Morgan fingerprint density at radius 1 is 1.15 bits per heavy atom. The molecule has 0 aromatic heterocycles. The van der Waals surface area contributed by atoms with Crippen LogP contribution in [0.15, 0.2) is 40.9 Å². The SMILES string of the molecule is CCS(=O)(=O)CCCOc1ccc2ccccc2c1Br. The van der Waals surface area contributed by atoms with Gasteiger partial charge in [-0.15, -0.1) is 0 Å². The maximum absolute atomic E-state index is 11.4. The third-order valence-electron chi connectivity index (χ3n) is 3.12. The minimum atomic E-state index is -2.91. The molecule has 0 spiro atoms. The van der Waals surface area contributed by atoms with Crippen LogP contribution in [0.4, 0.5) is 0 Å². The number of rotatable bonds is 6. The second kappa shape index (κ2) is 6.59. The first-order chi connectivity index (χ1) is 9.53. The molecule has 0 aliphatic carbocycles. The molecule has 0 aliphatic heterocycles. The van der Waals surface area contributed by atoms with Crippen LogP contribution in [0.25, 0.3) is 10.8 Å². The third-order valence-corrected chi connectivity index (χ3v) is 5.73. The van der Waals surface area contributed by atoms with Gasteiger partial charge in [-0.1, -0.05) is 37.3 Å². The van der Waals surface area contributed by atoms with Crippen LogP contribution in [0.1, 0.15) is 13.3 Å². The number of halogens is 1. The lowest BCUT2D eigenvalue weighted by atomic mass is 10.1. The Kier molecular flexibility index (Phi) is 5.05. The lowest BCUT2D eigenvalue weighted by molar-refractivity contribution is 0.316. The Labute approximate surface area is 128 Å². The van der Waals surface area contributed by atoms with Crippen LogP contribution in [-0.4, -0.2) is 26.5 Å². The van der Waals surface area contributed by atoms with Crippen molar-refractivity contribution >= 4 is 36.5 Å². The zero-order chi connectivity index (χ0) is 14.6. The molecular formula is C15H17BrO3S. The van der Waals surface area contributed by atoms with Crippen molar-refractivity contribution in [3.63, 3.8) is 0 Å². The minimum Gasteiger partial charge on any atom is -0.492 e. The Morgan fingerprint density at radius 2 is 1.90 bits per heavy atom. The fourth-order valence-corrected chi connectivity index (χ4v) is 3.38. The zero-order valence-electron chi connectivity index (χ0n) is 11.3. The summed E-state index contributed by atoms with van der Waals surface area (Å²) in [5.41, 5.74) is 0. The molecule has 0 amide bonds. The first kappa shape index (κ1) is 15.3. The monoisotopic (exact) mass is 356 g/mol. The molecular weight excluding hydrogens is 340 g/mol. The number of hydrogen-bond acceptors (Lipinski definition) is 3. The maximum Gasteiger partial charge on any atom is 0.150 e. The van der Waals surface area contributed by atoms with Crippen LogP contribution in [-0.2, 0) is 9.84 Å². The van der Waals surface area contributed by atoms with Gasteiger partial charge in [-0.3, -0.25) is 0 Å². The molecule has 2 aromatic rings. The second-order valence-electron chi connectivity index (χ2n) is 4.54. The predicted molar refractivity (Wildman–Crippen MR) is 86.1 cm³/mol. The standard InChI is InChI=1S/C15H17BrO3S/c1-2-20(17,18)11-5-10-19-14-9-8-12-6-3-4-7-13(12)15(14)16/h3-4,6-9H,2,5,10-11H2,1H3. The van der Waals surface area contributed by atoms with E-state index in [9.17, 15) is 8.42 Å². The highest BCUT2D eigenvalue weighted by atomic mass is 79.9. The average molecular weight is 357 g/mol. The summed E-state index contributed by atoms with van der Waals surface area (Å²) in [5, 5.41) is 2.23. The summed E-state index contributed by atoms with van der Waals surface area (Å²) >= 11 is 3.54. The van der Waals surface area contributed by atoms with E-state index in [1.807, 2.05) is 36.4 Å². The molecule has 108 valence electrons. The smallest absolute Gasteiger partial charge is 0.150 e. The normalized spacial score (nSPS) is 11.7. The largest absolute Gasteiger partial charge is 0.492 e. The minimum absolute atomic E-state index is 0.175. The van der Waals surface area contributed by atoms with Crippen LogP contribution in [0.5, 0.6) is 5.75 Å². The molecule has 0 unspecified atom stereocenters. The fraction of sp³-hybridized carbons (Fsp3) is 0.333. The van der Waals surface area contributed by atoms with Gasteiger partial charge in [0.25, 0.3) is 0 Å². The molecule has 0 fully saturated rings. The van der Waals surface area contributed by atoms with Crippen molar-refractivity contribution in [1.29, 1.82) is 0 Å². The summed E-state index contributed by atoms with van der Waals surface area (Å²) < 4.78 is 29.4. The van der Waals surface area contributed by atoms with Crippen molar-refractivity contribution in [2.45, 2.75) is 13.3 Å². The van der Waals surface area contributed by atoms with Gasteiger partial charge in [0.1, 0.15) is 15.6 Å². The van der Waals surface area contributed by atoms with Crippen molar-refractivity contribution in [2.75, 3.05) is 18.1 Å². The van der Waals surface area contributed by atoms with E-state index in [4.69, 9.17) is 4.74 Å². The van der Waals surface area contributed by atoms with Gasteiger partial charge in [-0.2, -0.15) is 0 Å². The predicted octanol–water partition coefficient (Wildman–Crippen LogP) is 3.81. The number of ether oxygens (including phenoxy) is 1. The van der Waals surface area contributed by atoms with Gasteiger partial charge in [-0.25, -0.2) is 8.42 Å². The van der Waals surface area contributed by atoms with Crippen molar-refractivity contribution < 1.29 is 13.2 Å². The number of fused-ring (bicyclic) bond motifs is 1. The average Bonchev–Trinajstić information content (AvgIpc) is 2.46. The zero-order valence-corrected chi connectivity index (χ0v) is 13.7. The molecule has 0 N–H and O–H groups in total. The molecule has 0 heterocycles. The highest BCUT2D eigenvalue weighted by Crippen LogP contribution is 2.33. The Bertz CT molecular complexity index is 695.